The van der Waals surface area contributed by atoms with E-state index in [0.29, 0.717) is 42.4 Å². The zero-order valence-corrected chi connectivity index (χ0v) is 11.2. The largest absolute Gasteiger partial charge is 0.381 e. The number of ether oxygens (including phenoxy) is 2. The van der Waals surface area contributed by atoms with Crippen LogP contribution >= 0.6 is 0 Å². The van der Waals surface area contributed by atoms with Crippen molar-refractivity contribution in [3.63, 3.8) is 0 Å². The zero-order valence-electron chi connectivity index (χ0n) is 11.2. The van der Waals surface area contributed by atoms with Gasteiger partial charge in [-0.25, -0.2) is 0 Å². The molecule has 0 radical (unpaired) electrons. The number of fused-ring (bicyclic) bond motifs is 3. The average Bonchev–Trinajstić information content (AvgIpc) is 2.88. The molecule has 4 fully saturated rings. The van der Waals surface area contributed by atoms with Gasteiger partial charge in [0.1, 0.15) is 0 Å². The van der Waals surface area contributed by atoms with Crippen molar-refractivity contribution in [3.8, 4) is 0 Å². The van der Waals surface area contributed by atoms with Crippen LogP contribution in [0.4, 0.5) is 0 Å². The minimum absolute atomic E-state index is 0.278. The minimum atomic E-state index is 0.278. The summed E-state index contributed by atoms with van der Waals surface area (Å²) >= 11 is 0. The summed E-state index contributed by atoms with van der Waals surface area (Å²) in [6.45, 7) is 6.82. The fraction of sp³-hybridized carbons (Fsp3) is 0.800. The molecule has 2 heterocycles. The Balaban J connectivity index is 1.36. The fourth-order valence-corrected chi connectivity index (χ4v) is 4.37. The van der Waals surface area contributed by atoms with E-state index in [0.717, 1.165) is 32.6 Å². The molecule has 2 saturated heterocycles. The summed E-state index contributed by atoms with van der Waals surface area (Å²) < 4.78 is 11.2. The smallest absolute Gasteiger partial charge is 0.226 e. The molecule has 2 aliphatic heterocycles. The van der Waals surface area contributed by atoms with Crippen LogP contribution in [0.3, 0.4) is 0 Å². The van der Waals surface area contributed by atoms with Gasteiger partial charge in [-0.2, -0.15) is 0 Å². The molecule has 4 unspecified atom stereocenters. The summed E-state index contributed by atoms with van der Waals surface area (Å²) in [6.07, 6.45) is 4.30. The molecule has 6 atom stereocenters. The van der Waals surface area contributed by atoms with Crippen LogP contribution in [0.15, 0.2) is 12.7 Å². The van der Waals surface area contributed by atoms with Crippen molar-refractivity contribution >= 4 is 5.91 Å². The molecule has 0 spiro atoms. The Bertz CT molecular complexity index is 400. The molecular weight excluding hydrogens is 242 g/mol. The molecule has 104 valence electrons. The van der Waals surface area contributed by atoms with Gasteiger partial charge < -0.3 is 14.4 Å². The monoisotopic (exact) mass is 263 g/mol. The second-order valence-corrected chi connectivity index (χ2v) is 6.43. The van der Waals surface area contributed by atoms with Crippen LogP contribution in [-0.4, -0.2) is 49.3 Å². The number of carbonyl (C=O) groups excluding carboxylic acids is 1. The van der Waals surface area contributed by atoms with Crippen molar-refractivity contribution < 1.29 is 14.3 Å². The van der Waals surface area contributed by atoms with Gasteiger partial charge in [-0.15, -0.1) is 6.58 Å². The number of likely N-dealkylation sites (tertiary alicyclic amines) is 1. The Labute approximate surface area is 113 Å². The summed E-state index contributed by atoms with van der Waals surface area (Å²) in [5.41, 5.74) is 0. The molecule has 19 heavy (non-hydrogen) atoms. The van der Waals surface area contributed by atoms with Gasteiger partial charge in [-0.1, -0.05) is 6.08 Å². The van der Waals surface area contributed by atoms with E-state index >= 15 is 0 Å². The standard InChI is InChI=1S/C15H21NO3/c1-2-3-19-13-5-10-4-9(13)6-16(10)15(17)14-11-7-18-8-12(11)14/h2,9-14H,1,3-8H2/t9?,10?,11-,12+,13?,14?. The average molecular weight is 263 g/mol. The van der Waals surface area contributed by atoms with Crippen LogP contribution in [0.1, 0.15) is 12.8 Å². The molecule has 2 bridgehead atoms. The highest BCUT2D eigenvalue weighted by atomic mass is 16.5. The lowest BCUT2D eigenvalue weighted by Crippen LogP contribution is -2.43. The maximum absolute atomic E-state index is 12.5. The first kappa shape index (κ1) is 11.9. The van der Waals surface area contributed by atoms with E-state index in [4.69, 9.17) is 9.47 Å². The molecule has 0 aromatic carbocycles. The van der Waals surface area contributed by atoms with Gasteiger partial charge in [0.05, 0.1) is 25.9 Å². The van der Waals surface area contributed by atoms with Gasteiger partial charge in [-0.05, 0) is 24.7 Å². The van der Waals surface area contributed by atoms with Crippen LogP contribution in [0, 0.1) is 23.7 Å². The molecule has 1 amide bonds. The van der Waals surface area contributed by atoms with Crippen LogP contribution in [0.2, 0.25) is 0 Å². The van der Waals surface area contributed by atoms with Crippen LogP contribution in [-0.2, 0) is 14.3 Å². The summed E-state index contributed by atoms with van der Waals surface area (Å²) in [7, 11) is 0. The Hall–Kier alpha value is -0.870. The number of carbonyl (C=O) groups is 1. The van der Waals surface area contributed by atoms with E-state index in [1.54, 1.807) is 6.08 Å². The first-order chi connectivity index (χ1) is 9.29. The maximum atomic E-state index is 12.5. The molecule has 4 aliphatic rings. The molecule has 4 heteroatoms. The van der Waals surface area contributed by atoms with Crippen molar-refractivity contribution in [3.05, 3.63) is 12.7 Å². The number of hydrogen-bond donors (Lipinski definition) is 0. The fourth-order valence-electron chi connectivity index (χ4n) is 4.37. The highest BCUT2D eigenvalue weighted by Crippen LogP contribution is 2.53. The molecule has 2 aliphatic carbocycles. The second kappa shape index (κ2) is 4.32. The molecule has 0 aromatic rings. The Kier molecular flexibility index (Phi) is 2.71. The van der Waals surface area contributed by atoms with Crippen LogP contribution in [0.25, 0.3) is 0 Å². The Morgan fingerprint density at radius 3 is 2.79 bits per heavy atom. The van der Waals surface area contributed by atoms with Gasteiger partial charge in [0.15, 0.2) is 0 Å². The molecular formula is C15H21NO3. The maximum Gasteiger partial charge on any atom is 0.226 e. The van der Waals surface area contributed by atoms with Gasteiger partial charge in [0, 0.05) is 24.4 Å². The number of nitrogens with zero attached hydrogens (tertiary/aromatic N) is 1. The van der Waals surface area contributed by atoms with E-state index in [-0.39, 0.29) is 5.92 Å². The molecule has 0 N–H and O–H groups in total. The molecule has 4 nitrogen and oxygen atoms in total. The third kappa shape index (κ3) is 1.77. The van der Waals surface area contributed by atoms with Gasteiger partial charge >= 0.3 is 0 Å². The SMILES string of the molecule is C=CCOC1CC2CC1CN2C(=O)C1[C@H]2COC[C@@H]12. The lowest BCUT2D eigenvalue weighted by molar-refractivity contribution is -0.137. The lowest BCUT2D eigenvalue weighted by atomic mass is 10.1. The van der Waals surface area contributed by atoms with Crippen LogP contribution < -0.4 is 0 Å². The van der Waals surface area contributed by atoms with E-state index in [9.17, 15) is 4.79 Å². The lowest BCUT2D eigenvalue weighted by Gasteiger charge is -2.32. The van der Waals surface area contributed by atoms with Crippen molar-refractivity contribution in [2.45, 2.75) is 25.0 Å². The highest BCUT2D eigenvalue weighted by molar-refractivity contribution is 5.83. The van der Waals surface area contributed by atoms with Crippen molar-refractivity contribution in [1.29, 1.82) is 0 Å². The van der Waals surface area contributed by atoms with Crippen molar-refractivity contribution in [2.75, 3.05) is 26.4 Å². The van der Waals surface area contributed by atoms with Gasteiger partial charge in [0.25, 0.3) is 0 Å². The van der Waals surface area contributed by atoms with E-state index in [1.165, 1.54) is 0 Å². The predicted octanol–water partition coefficient (Wildman–Crippen LogP) is 1.07. The van der Waals surface area contributed by atoms with E-state index in [1.807, 2.05) is 0 Å². The minimum Gasteiger partial charge on any atom is -0.381 e. The molecule has 2 saturated carbocycles. The Morgan fingerprint density at radius 1 is 1.37 bits per heavy atom. The van der Waals surface area contributed by atoms with Crippen molar-refractivity contribution in [1.82, 2.24) is 4.90 Å². The number of rotatable bonds is 4. The van der Waals surface area contributed by atoms with Gasteiger partial charge in [0.2, 0.25) is 5.91 Å². The summed E-state index contributed by atoms with van der Waals surface area (Å²) in [5.74, 6) is 2.27. The first-order valence-electron chi connectivity index (χ1n) is 7.40. The topological polar surface area (TPSA) is 38.8 Å². The number of hydrogen-bond acceptors (Lipinski definition) is 3. The van der Waals surface area contributed by atoms with Crippen molar-refractivity contribution in [2.24, 2.45) is 23.7 Å². The Morgan fingerprint density at radius 2 is 2.16 bits per heavy atom. The summed E-state index contributed by atoms with van der Waals surface area (Å²) in [6, 6.07) is 0.426. The predicted molar refractivity (Wildman–Crippen MR) is 69.5 cm³/mol. The highest BCUT2D eigenvalue weighted by Gasteiger charge is 2.61. The van der Waals surface area contributed by atoms with E-state index < -0.39 is 0 Å². The number of amides is 1. The number of piperidine rings is 1. The molecule has 0 aromatic heterocycles. The third-order valence-corrected chi connectivity index (χ3v) is 5.43. The van der Waals surface area contributed by atoms with Gasteiger partial charge in [-0.3, -0.25) is 4.79 Å². The molecule has 4 rings (SSSR count). The quantitative estimate of drug-likeness (QED) is 0.712. The second-order valence-electron chi connectivity index (χ2n) is 6.43. The third-order valence-electron chi connectivity index (χ3n) is 5.43. The van der Waals surface area contributed by atoms with Crippen LogP contribution in [0.5, 0.6) is 0 Å². The zero-order chi connectivity index (χ0) is 13.0. The first-order valence-corrected chi connectivity index (χ1v) is 7.40. The normalized spacial score (nSPS) is 46.4. The summed E-state index contributed by atoms with van der Waals surface area (Å²) in [4.78, 5) is 14.7. The van der Waals surface area contributed by atoms with E-state index in [2.05, 4.69) is 11.5 Å². The summed E-state index contributed by atoms with van der Waals surface area (Å²) in [5, 5.41) is 0.